The smallest absolute Gasteiger partial charge is 0.165 e. The van der Waals surface area contributed by atoms with Crippen molar-refractivity contribution in [2.45, 2.75) is 25.9 Å². The first-order chi connectivity index (χ1) is 18.7. The fraction of sp³-hybridized carbons (Fsp3) is 0.310. The molecule has 1 unspecified atom stereocenters. The molecule has 2 aliphatic heterocycles. The second kappa shape index (κ2) is 9.34. The highest BCUT2D eigenvalue weighted by Crippen LogP contribution is 2.37. The Hall–Kier alpha value is -4.08. The molecule has 1 N–H and O–H groups in total. The zero-order chi connectivity index (χ0) is 25.6. The number of fused-ring (bicyclic) bond motifs is 1. The summed E-state index contributed by atoms with van der Waals surface area (Å²) in [5.41, 5.74) is 5.93. The summed E-state index contributed by atoms with van der Waals surface area (Å²) in [6.07, 6.45) is 3.93. The molecule has 192 valence electrons. The number of aromatic nitrogens is 5. The van der Waals surface area contributed by atoms with E-state index in [1.165, 1.54) is 5.56 Å². The van der Waals surface area contributed by atoms with Crippen molar-refractivity contribution in [3.05, 3.63) is 77.9 Å². The van der Waals surface area contributed by atoms with E-state index in [9.17, 15) is 0 Å². The summed E-state index contributed by atoms with van der Waals surface area (Å²) >= 11 is 0. The van der Waals surface area contributed by atoms with Crippen LogP contribution in [0.1, 0.15) is 29.1 Å². The zero-order valence-electron chi connectivity index (χ0n) is 21.5. The lowest BCUT2D eigenvalue weighted by Crippen LogP contribution is -2.43. The second-order valence-corrected chi connectivity index (χ2v) is 10.0. The summed E-state index contributed by atoms with van der Waals surface area (Å²) in [6, 6.07) is 17.3. The minimum atomic E-state index is 0.0439. The van der Waals surface area contributed by atoms with Gasteiger partial charge in [-0.15, -0.1) is 0 Å². The number of hydrogen-bond acceptors (Lipinski definition) is 8. The molecule has 0 spiro atoms. The quantitative estimate of drug-likeness (QED) is 0.372. The standard InChI is InChI=1S/C29H29N7O2/c1-18-27(19(2)38-34-18)21-8-9-25-24(12-21)29(35-10-11-37-17-26(35)20-6-4-3-5-7-20)33-28(32-25)22-13-31-36(16-22)23-14-30-15-23/h3-9,12-13,16,23,26,30H,10-11,14-15,17H2,1-2H3. The lowest BCUT2D eigenvalue weighted by Gasteiger charge is -2.37. The number of aryl methyl sites for hydroxylation is 2. The third-order valence-electron chi connectivity index (χ3n) is 7.58. The van der Waals surface area contributed by atoms with Crippen LogP contribution in [0.5, 0.6) is 0 Å². The first-order valence-corrected chi connectivity index (χ1v) is 13.1. The molecule has 1 atom stereocenters. The lowest BCUT2D eigenvalue weighted by atomic mass is 10.0. The Balaban J connectivity index is 1.40. The van der Waals surface area contributed by atoms with E-state index in [2.05, 4.69) is 69.1 Å². The molecule has 7 rings (SSSR count). The van der Waals surface area contributed by atoms with Gasteiger partial charge in [0.1, 0.15) is 11.6 Å². The van der Waals surface area contributed by atoms with Gasteiger partial charge < -0.3 is 19.5 Å². The minimum absolute atomic E-state index is 0.0439. The van der Waals surface area contributed by atoms with Gasteiger partial charge in [0.05, 0.1) is 48.3 Å². The molecular formula is C29H29N7O2. The molecule has 0 aliphatic carbocycles. The van der Waals surface area contributed by atoms with Gasteiger partial charge in [0.25, 0.3) is 0 Å². The van der Waals surface area contributed by atoms with Crippen molar-refractivity contribution < 1.29 is 9.26 Å². The lowest BCUT2D eigenvalue weighted by molar-refractivity contribution is 0.0939. The van der Waals surface area contributed by atoms with E-state index >= 15 is 0 Å². The van der Waals surface area contributed by atoms with Gasteiger partial charge >= 0.3 is 0 Å². The van der Waals surface area contributed by atoms with Gasteiger partial charge in [0.2, 0.25) is 0 Å². The highest BCUT2D eigenvalue weighted by Gasteiger charge is 2.29. The molecule has 38 heavy (non-hydrogen) atoms. The number of benzene rings is 2. The van der Waals surface area contributed by atoms with E-state index in [0.29, 0.717) is 25.1 Å². The number of nitrogens with one attached hydrogen (secondary N) is 1. The highest BCUT2D eigenvalue weighted by atomic mass is 16.5. The first kappa shape index (κ1) is 23.1. The molecule has 2 aliphatic rings. The maximum atomic E-state index is 5.95. The molecule has 0 amide bonds. The Morgan fingerprint density at radius 1 is 1.00 bits per heavy atom. The second-order valence-electron chi connectivity index (χ2n) is 10.0. The van der Waals surface area contributed by atoms with E-state index in [1.54, 1.807) is 0 Å². The fourth-order valence-corrected chi connectivity index (χ4v) is 5.43. The molecule has 2 saturated heterocycles. The summed E-state index contributed by atoms with van der Waals surface area (Å²) in [5, 5.41) is 13.1. The monoisotopic (exact) mass is 507 g/mol. The SMILES string of the molecule is Cc1noc(C)c1-c1ccc2nc(-c3cnn(C4CNC4)c3)nc(N3CCOCC3c3ccccc3)c2c1. The Morgan fingerprint density at radius 2 is 1.87 bits per heavy atom. The van der Waals surface area contributed by atoms with E-state index in [1.807, 2.05) is 30.8 Å². The number of morpholine rings is 1. The van der Waals surface area contributed by atoms with Crippen molar-refractivity contribution in [3.8, 4) is 22.5 Å². The first-order valence-electron chi connectivity index (χ1n) is 13.1. The Morgan fingerprint density at radius 3 is 2.63 bits per heavy atom. The summed E-state index contributed by atoms with van der Waals surface area (Å²) in [6.45, 7) is 7.75. The number of ether oxygens (including phenoxy) is 1. The number of anilines is 1. The van der Waals surface area contributed by atoms with Crippen molar-refractivity contribution in [2.24, 2.45) is 0 Å². The largest absolute Gasteiger partial charge is 0.377 e. The van der Waals surface area contributed by atoms with Crippen LogP contribution in [0.15, 0.2) is 65.4 Å². The van der Waals surface area contributed by atoms with Crippen LogP contribution in [-0.2, 0) is 4.74 Å². The van der Waals surface area contributed by atoms with Crippen LogP contribution in [0.4, 0.5) is 5.82 Å². The predicted molar refractivity (Wildman–Crippen MR) is 145 cm³/mol. The van der Waals surface area contributed by atoms with Gasteiger partial charge in [-0.3, -0.25) is 4.68 Å². The van der Waals surface area contributed by atoms with Gasteiger partial charge in [0, 0.05) is 36.8 Å². The maximum Gasteiger partial charge on any atom is 0.165 e. The van der Waals surface area contributed by atoms with Gasteiger partial charge in [-0.05, 0) is 37.1 Å². The van der Waals surface area contributed by atoms with E-state index < -0.39 is 0 Å². The fourth-order valence-electron chi connectivity index (χ4n) is 5.43. The Kier molecular flexibility index (Phi) is 5.67. The summed E-state index contributed by atoms with van der Waals surface area (Å²) in [7, 11) is 0. The predicted octanol–water partition coefficient (Wildman–Crippen LogP) is 4.49. The van der Waals surface area contributed by atoms with Crippen molar-refractivity contribution >= 4 is 16.7 Å². The molecule has 9 nitrogen and oxygen atoms in total. The van der Waals surface area contributed by atoms with E-state index in [0.717, 1.165) is 64.5 Å². The molecule has 0 bridgehead atoms. The molecule has 0 radical (unpaired) electrons. The Labute approximate surface area is 220 Å². The number of nitrogens with zero attached hydrogens (tertiary/aromatic N) is 6. The maximum absolute atomic E-state index is 5.95. The van der Waals surface area contributed by atoms with Crippen LogP contribution in [0.3, 0.4) is 0 Å². The van der Waals surface area contributed by atoms with Crippen LogP contribution >= 0.6 is 0 Å². The normalized spacial score (nSPS) is 18.2. The number of rotatable bonds is 5. The van der Waals surface area contributed by atoms with Gasteiger partial charge in [-0.25, -0.2) is 9.97 Å². The van der Waals surface area contributed by atoms with Crippen LogP contribution in [-0.4, -0.2) is 57.8 Å². The summed E-state index contributed by atoms with van der Waals surface area (Å²) in [4.78, 5) is 12.6. The molecule has 5 heterocycles. The number of hydrogen-bond donors (Lipinski definition) is 1. The van der Waals surface area contributed by atoms with Crippen LogP contribution in [0.25, 0.3) is 33.4 Å². The van der Waals surface area contributed by atoms with Crippen molar-refractivity contribution in [3.63, 3.8) is 0 Å². The van der Waals surface area contributed by atoms with E-state index in [4.69, 9.17) is 19.2 Å². The highest BCUT2D eigenvalue weighted by molar-refractivity contribution is 5.95. The Bertz CT molecular complexity index is 1590. The van der Waals surface area contributed by atoms with Gasteiger partial charge in [-0.2, -0.15) is 5.10 Å². The minimum Gasteiger partial charge on any atom is -0.377 e. The third-order valence-corrected chi connectivity index (χ3v) is 7.58. The van der Waals surface area contributed by atoms with Crippen LogP contribution in [0, 0.1) is 13.8 Å². The zero-order valence-corrected chi connectivity index (χ0v) is 21.5. The van der Waals surface area contributed by atoms with Crippen LogP contribution in [0.2, 0.25) is 0 Å². The van der Waals surface area contributed by atoms with Gasteiger partial charge in [0.15, 0.2) is 5.82 Å². The molecule has 5 aromatic rings. The molecule has 0 saturated carbocycles. The third kappa shape index (κ3) is 3.95. The summed E-state index contributed by atoms with van der Waals surface area (Å²) in [5.74, 6) is 2.37. The van der Waals surface area contributed by atoms with Crippen molar-refractivity contribution in [1.29, 1.82) is 0 Å². The van der Waals surface area contributed by atoms with Crippen molar-refractivity contribution in [1.82, 2.24) is 30.2 Å². The van der Waals surface area contributed by atoms with Crippen molar-refractivity contribution in [2.75, 3.05) is 37.7 Å². The van der Waals surface area contributed by atoms with E-state index in [-0.39, 0.29) is 6.04 Å². The average molecular weight is 508 g/mol. The summed E-state index contributed by atoms with van der Waals surface area (Å²) < 4.78 is 13.4. The molecule has 9 heteroatoms. The molecular weight excluding hydrogens is 478 g/mol. The molecule has 2 fully saturated rings. The van der Waals surface area contributed by atoms with Gasteiger partial charge in [-0.1, -0.05) is 41.6 Å². The topological polar surface area (TPSA) is 94.1 Å². The molecule has 3 aromatic heterocycles. The van der Waals surface area contributed by atoms with Crippen LogP contribution < -0.4 is 10.2 Å². The molecule has 2 aromatic carbocycles. The average Bonchev–Trinajstić information content (AvgIpc) is 3.53.